The van der Waals surface area contributed by atoms with Crippen molar-refractivity contribution < 1.29 is 40.3 Å². The van der Waals surface area contributed by atoms with Crippen LogP contribution in [0.25, 0.3) is 0 Å². The van der Waals surface area contributed by atoms with Crippen LogP contribution in [0.2, 0.25) is 0 Å². The minimum Gasteiger partial charge on any atom is -0.323 e. The van der Waals surface area contributed by atoms with Gasteiger partial charge in [0, 0.05) is 12.6 Å². The summed E-state index contributed by atoms with van der Waals surface area (Å²) in [4.78, 5) is 25.3. The molecule has 1 aromatic rings. The quantitative estimate of drug-likeness (QED) is 0.437. The second-order valence-corrected chi connectivity index (χ2v) is 7.05. The summed E-state index contributed by atoms with van der Waals surface area (Å²) in [6, 6.07) is 0.169. The van der Waals surface area contributed by atoms with E-state index in [0.29, 0.717) is 4.31 Å². The Kier molecular flexibility index (Phi) is 3.99. The molecule has 25 heavy (non-hydrogen) atoms. The molecule has 2 aliphatic rings. The van der Waals surface area contributed by atoms with Gasteiger partial charge in [0.2, 0.25) is 6.54 Å². The number of hydrogen-bond donors (Lipinski definition) is 1. The molecule has 2 fully saturated rings. The monoisotopic (exact) mass is 380 g/mol. The van der Waals surface area contributed by atoms with E-state index >= 15 is 0 Å². The van der Waals surface area contributed by atoms with Crippen LogP contribution in [-0.4, -0.2) is 52.6 Å². The Hall–Kier alpha value is -2.21. The molecule has 0 spiro atoms. The van der Waals surface area contributed by atoms with Crippen molar-refractivity contribution in [2.24, 2.45) is 0 Å². The van der Waals surface area contributed by atoms with Crippen molar-refractivity contribution in [2.75, 3.05) is 6.54 Å². The van der Waals surface area contributed by atoms with Gasteiger partial charge in [0.15, 0.2) is 12.4 Å². The number of hydrogen-bond acceptors (Lipinski definition) is 4. The van der Waals surface area contributed by atoms with Crippen LogP contribution in [0.5, 0.6) is 0 Å². The van der Waals surface area contributed by atoms with Gasteiger partial charge in [0.25, 0.3) is 11.8 Å². The summed E-state index contributed by atoms with van der Waals surface area (Å²) in [6.07, 6.45) is -2.33. The molecule has 3 rings (SSSR count). The van der Waals surface area contributed by atoms with Crippen LogP contribution in [-0.2, 0) is 32.6 Å². The van der Waals surface area contributed by atoms with Crippen molar-refractivity contribution >= 4 is 22.1 Å². The third-order valence-corrected chi connectivity index (χ3v) is 5.16. The smallest absolute Gasteiger partial charge is 0.323 e. The van der Waals surface area contributed by atoms with Crippen molar-refractivity contribution in [1.82, 2.24) is 9.21 Å². The zero-order valence-corrected chi connectivity index (χ0v) is 13.4. The second-order valence-electron chi connectivity index (χ2n) is 5.76. The SMILES string of the molecule is O=C(C[n+]1cccc(C(F)(F)F)c1)N1CC[C@@H]2[C@H]1C(=O)N2S(=O)(=O)O. The molecule has 3 heterocycles. The molecule has 2 amide bonds. The van der Waals surface area contributed by atoms with Gasteiger partial charge in [0.05, 0.1) is 6.04 Å². The van der Waals surface area contributed by atoms with Crippen LogP contribution in [0.3, 0.4) is 0 Å². The molecule has 12 heteroatoms. The Morgan fingerprint density at radius 3 is 2.68 bits per heavy atom. The van der Waals surface area contributed by atoms with Crippen LogP contribution in [0.4, 0.5) is 13.2 Å². The maximum absolute atomic E-state index is 12.7. The van der Waals surface area contributed by atoms with Crippen LogP contribution < -0.4 is 4.57 Å². The van der Waals surface area contributed by atoms with E-state index < -0.39 is 52.5 Å². The average Bonchev–Trinajstić information content (AvgIpc) is 2.84. The number of rotatable bonds is 3. The number of halogens is 3. The van der Waals surface area contributed by atoms with E-state index in [4.69, 9.17) is 4.55 Å². The molecule has 0 unspecified atom stereocenters. The lowest BCUT2D eigenvalue weighted by molar-refractivity contribution is -0.686. The Morgan fingerprint density at radius 2 is 2.08 bits per heavy atom. The Morgan fingerprint density at radius 1 is 1.40 bits per heavy atom. The Bertz CT molecular complexity index is 842. The predicted molar refractivity (Wildman–Crippen MR) is 73.9 cm³/mol. The van der Waals surface area contributed by atoms with E-state index in [1.54, 1.807) is 0 Å². The molecule has 8 nitrogen and oxygen atoms in total. The van der Waals surface area contributed by atoms with Crippen molar-refractivity contribution in [3.63, 3.8) is 0 Å². The fourth-order valence-electron chi connectivity index (χ4n) is 3.13. The molecule has 0 aliphatic carbocycles. The molecule has 1 aromatic heterocycles. The summed E-state index contributed by atoms with van der Waals surface area (Å²) in [7, 11) is -4.68. The van der Waals surface area contributed by atoms with E-state index in [9.17, 15) is 31.2 Å². The van der Waals surface area contributed by atoms with Crippen molar-refractivity contribution in [2.45, 2.75) is 31.2 Å². The lowest BCUT2D eigenvalue weighted by Crippen LogP contribution is -2.68. The third kappa shape index (κ3) is 3.06. The number of alkyl halides is 3. The van der Waals surface area contributed by atoms with Crippen LogP contribution >= 0.6 is 0 Å². The largest absolute Gasteiger partial charge is 0.422 e. The average molecular weight is 380 g/mol. The summed E-state index contributed by atoms with van der Waals surface area (Å²) in [5.74, 6) is -1.53. The van der Waals surface area contributed by atoms with Crippen molar-refractivity contribution in [1.29, 1.82) is 0 Å². The van der Waals surface area contributed by atoms with Gasteiger partial charge in [0.1, 0.15) is 11.6 Å². The molecule has 0 radical (unpaired) electrons. The van der Waals surface area contributed by atoms with Gasteiger partial charge in [-0.1, -0.05) is 0 Å². The van der Waals surface area contributed by atoms with Gasteiger partial charge >= 0.3 is 16.5 Å². The maximum Gasteiger partial charge on any atom is 0.422 e. The molecule has 0 bridgehead atoms. The summed E-state index contributed by atoms with van der Waals surface area (Å²) < 4.78 is 70.7. The molecule has 0 saturated carbocycles. The minimum atomic E-state index is -4.68. The van der Waals surface area contributed by atoms with E-state index in [1.807, 2.05) is 0 Å². The fraction of sp³-hybridized carbons (Fsp3) is 0.462. The number of carbonyl (C=O) groups excluding carboxylic acids is 2. The molecule has 2 aliphatic heterocycles. The van der Waals surface area contributed by atoms with Gasteiger partial charge in [-0.25, -0.2) is 4.31 Å². The summed E-state index contributed by atoms with van der Waals surface area (Å²) >= 11 is 0. The summed E-state index contributed by atoms with van der Waals surface area (Å²) in [5, 5.41) is 0. The van der Waals surface area contributed by atoms with E-state index in [2.05, 4.69) is 0 Å². The number of likely N-dealkylation sites (tertiary alicyclic amines) is 1. The number of nitrogens with zero attached hydrogens (tertiary/aromatic N) is 3. The number of pyridine rings is 1. The molecule has 1 N–H and O–H groups in total. The predicted octanol–water partition coefficient (Wildman–Crippen LogP) is -0.393. The second kappa shape index (κ2) is 5.66. The number of amides is 2. The number of β-lactam (4-membered cyclic amide) rings is 1. The zero-order valence-electron chi connectivity index (χ0n) is 12.5. The van der Waals surface area contributed by atoms with Crippen molar-refractivity contribution in [3.05, 3.63) is 30.1 Å². The van der Waals surface area contributed by atoms with Crippen LogP contribution in [0.15, 0.2) is 24.5 Å². The van der Waals surface area contributed by atoms with Gasteiger partial charge < -0.3 is 4.90 Å². The highest BCUT2D eigenvalue weighted by atomic mass is 32.2. The molecule has 2 atom stereocenters. The molecule has 0 aromatic carbocycles. The highest BCUT2D eigenvalue weighted by Crippen LogP contribution is 2.35. The Balaban J connectivity index is 1.73. The molecular formula is C13H13F3N3O5S+. The van der Waals surface area contributed by atoms with Crippen LogP contribution in [0, 0.1) is 0 Å². The van der Waals surface area contributed by atoms with Crippen molar-refractivity contribution in [3.8, 4) is 0 Å². The van der Waals surface area contributed by atoms with Gasteiger partial charge in [-0.2, -0.15) is 26.2 Å². The van der Waals surface area contributed by atoms with Gasteiger partial charge in [-0.05, 0) is 12.5 Å². The normalized spacial score (nSPS) is 23.4. The summed E-state index contributed by atoms with van der Waals surface area (Å²) in [6.45, 7) is -0.349. The van der Waals surface area contributed by atoms with E-state index in [0.717, 1.165) is 27.8 Å². The third-order valence-electron chi connectivity index (χ3n) is 4.21. The van der Waals surface area contributed by atoms with Gasteiger partial charge in [-0.15, -0.1) is 0 Å². The lowest BCUT2D eigenvalue weighted by atomic mass is 10.0. The minimum absolute atomic E-state index is 0.0748. The number of aromatic nitrogens is 1. The number of fused-ring (bicyclic) bond motifs is 1. The highest BCUT2D eigenvalue weighted by molar-refractivity contribution is 7.84. The fourth-order valence-corrected chi connectivity index (χ4v) is 4.03. The first-order valence-electron chi connectivity index (χ1n) is 7.16. The first kappa shape index (κ1) is 17.6. The molecule has 2 saturated heterocycles. The first-order valence-corrected chi connectivity index (χ1v) is 8.56. The molecule has 136 valence electrons. The zero-order chi connectivity index (χ0) is 18.6. The van der Waals surface area contributed by atoms with Crippen LogP contribution in [0.1, 0.15) is 12.0 Å². The topological polar surface area (TPSA) is 98.9 Å². The standard InChI is InChI=1S/C13H12F3N3O5S/c14-13(15,16)8-2-1-4-17(6-8)7-10(20)18-5-3-9-11(18)12(21)19(9)25(22,23)24/h1-2,4,6,9,11H,3,5,7H2/p+1/t9-,11+/m1/s1. The van der Waals surface area contributed by atoms with E-state index in [-0.39, 0.29) is 13.0 Å². The summed E-state index contributed by atoms with van der Waals surface area (Å²) in [5.41, 5.74) is -0.917. The lowest BCUT2D eigenvalue weighted by Gasteiger charge is -2.42. The number of carbonyl (C=O) groups is 2. The first-order chi connectivity index (χ1) is 11.5. The van der Waals surface area contributed by atoms with E-state index in [1.165, 1.54) is 6.20 Å². The molecular weight excluding hydrogens is 367 g/mol. The maximum atomic E-state index is 12.7. The highest BCUT2D eigenvalue weighted by Gasteiger charge is 2.60. The Labute approximate surface area is 140 Å². The van der Waals surface area contributed by atoms with Gasteiger partial charge in [-0.3, -0.25) is 14.1 Å².